The normalized spacial score (nSPS) is 23.1. The number of halogens is 4. The van der Waals surface area contributed by atoms with Gasteiger partial charge < -0.3 is 19.9 Å². The number of imidazole rings is 1. The lowest BCUT2D eigenvalue weighted by Crippen LogP contribution is -2.49. The molecule has 28 heavy (non-hydrogen) atoms. The molecule has 2 heterocycles. The van der Waals surface area contributed by atoms with Crippen LogP contribution in [0.2, 0.25) is 0 Å². The predicted octanol–water partition coefficient (Wildman–Crippen LogP) is 3.12. The number of rotatable bonds is 5. The molecule has 1 aromatic rings. The maximum absolute atomic E-state index is 13.6. The second kappa shape index (κ2) is 10.1. The second-order valence-corrected chi connectivity index (χ2v) is 7.56. The third-order valence-electron chi connectivity index (χ3n) is 4.90. The van der Waals surface area contributed by atoms with Gasteiger partial charge in [0.25, 0.3) is 0 Å². The van der Waals surface area contributed by atoms with Crippen LogP contribution in [-0.4, -0.2) is 57.9 Å². The number of piperidine rings is 1. The fourth-order valence-corrected chi connectivity index (χ4v) is 3.73. The van der Waals surface area contributed by atoms with Crippen molar-refractivity contribution in [3.05, 3.63) is 18.2 Å². The summed E-state index contributed by atoms with van der Waals surface area (Å²) in [5.74, 6) is 1.17. The molecule has 10 heteroatoms. The minimum Gasteiger partial charge on any atom is -0.374 e. The maximum Gasteiger partial charge on any atom is 0.424 e. The van der Waals surface area contributed by atoms with E-state index >= 15 is 0 Å². The molecule has 2 rings (SSSR count). The molecule has 1 aliphatic rings. The molecule has 1 saturated heterocycles. The van der Waals surface area contributed by atoms with E-state index in [0.29, 0.717) is 24.3 Å². The standard InChI is InChI=1S/C18H30F3N5O.HI/c1-5-22-16(26-11-13(2)10-14(3)12-26)24-7-6-17(27,18(19,20)21)15-23-8-9-25(15)4;/h8-9,13-14,27H,5-7,10-12H2,1-4H3,(H,22,24);1H. The number of aryl methyl sites for hydroxylation is 1. The Morgan fingerprint density at radius 2 is 1.93 bits per heavy atom. The Labute approximate surface area is 181 Å². The zero-order chi connectivity index (χ0) is 20.2. The highest BCUT2D eigenvalue weighted by atomic mass is 127. The predicted molar refractivity (Wildman–Crippen MR) is 114 cm³/mol. The van der Waals surface area contributed by atoms with Crippen molar-refractivity contribution in [3.8, 4) is 0 Å². The number of hydrogen-bond donors (Lipinski definition) is 2. The van der Waals surface area contributed by atoms with Crippen LogP contribution in [0, 0.1) is 11.8 Å². The molecule has 0 saturated carbocycles. The molecule has 0 bridgehead atoms. The molecule has 1 aromatic heterocycles. The number of aromatic nitrogens is 2. The minimum atomic E-state index is -4.84. The number of nitrogens with zero attached hydrogens (tertiary/aromatic N) is 4. The zero-order valence-electron chi connectivity index (χ0n) is 16.8. The van der Waals surface area contributed by atoms with E-state index in [4.69, 9.17) is 0 Å². The van der Waals surface area contributed by atoms with Crippen LogP contribution in [0.25, 0.3) is 0 Å². The van der Waals surface area contributed by atoms with Crippen LogP contribution in [0.15, 0.2) is 17.4 Å². The molecular weight excluding hydrogens is 486 g/mol. The molecule has 1 fully saturated rings. The van der Waals surface area contributed by atoms with Crippen LogP contribution in [0.3, 0.4) is 0 Å². The Morgan fingerprint density at radius 1 is 1.32 bits per heavy atom. The third-order valence-corrected chi connectivity index (χ3v) is 4.90. The van der Waals surface area contributed by atoms with Gasteiger partial charge in [0.15, 0.2) is 5.96 Å². The number of aliphatic imine (C=N–C) groups is 1. The Morgan fingerprint density at radius 3 is 2.39 bits per heavy atom. The molecule has 0 aromatic carbocycles. The van der Waals surface area contributed by atoms with Crippen molar-refractivity contribution in [1.82, 2.24) is 19.8 Å². The van der Waals surface area contributed by atoms with E-state index in [9.17, 15) is 18.3 Å². The summed E-state index contributed by atoms with van der Waals surface area (Å²) in [5, 5.41) is 13.6. The van der Waals surface area contributed by atoms with E-state index in [1.54, 1.807) is 0 Å². The van der Waals surface area contributed by atoms with E-state index in [-0.39, 0.29) is 30.5 Å². The van der Waals surface area contributed by atoms with E-state index in [1.807, 2.05) is 6.92 Å². The van der Waals surface area contributed by atoms with Gasteiger partial charge in [0.05, 0.1) is 0 Å². The summed E-state index contributed by atoms with van der Waals surface area (Å²) in [6, 6.07) is 0. The molecule has 3 unspecified atom stereocenters. The minimum absolute atomic E-state index is 0. The summed E-state index contributed by atoms with van der Waals surface area (Å²) >= 11 is 0. The van der Waals surface area contributed by atoms with Crippen LogP contribution in [0.4, 0.5) is 13.2 Å². The topological polar surface area (TPSA) is 65.7 Å². The van der Waals surface area contributed by atoms with Gasteiger partial charge in [-0.25, -0.2) is 4.98 Å². The van der Waals surface area contributed by atoms with Crippen molar-refractivity contribution in [3.63, 3.8) is 0 Å². The number of nitrogens with one attached hydrogen (secondary N) is 1. The van der Waals surface area contributed by atoms with E-state index in [0.717, 1.165) is 19.5 Å². The summed E-state index contributed by atoms with van der Waals surface area (Å²) in [6.07, 6.45) is -1.67. The first-order valence-electron chi connectivity index (χ1n) is 9.38. The molecule has 6 nitrogen and oxygen atoms in total. The van der Waals surface area contributed by atoms with Crippen molar-refractivity contribution in [2.75, 3.05) is 26.2 Å². The molecule has 0 aliphatic carbocycles. The number of alkyl halides is 3. The SMILES string of the molecule is CCNC(=NCCC(O)(c1nccn1C)C(F)(F)F)N1CC(C)CC(C)C1.I. The van der Waals surface area contributed by atoms with Gasteiger partial charge in [-0.05, 0) is 25.2 Å². The summed E-state index contributed by atoms with van der Waals surface area (Å²) in [7, 11) is 1.43. The highest BCUT2D eigenvalue weighted by molar-refractivity contribution is 14.0. The Balaban J connectivity index is 0.00000392. The third kappa shape index (κ3) is 5.74. The van der Waals surface area contributed by atoms with Gasteiger partial charge in [0.2, 0.25) is 5.60 Å². The van der Waals surface area contributed by atoms with Gasteiger partial charge in [0.1, 0.15) is 5.82 Å². The number of hydrogen-bond acceptors (Lipinski definition) is 3. The van der Waals surface area contributed by atoms with Crippen molar-refractivity contribution in [1.29, 1.82) is 0 Å². The van der Waals surface area contributed by atoms with Crippen molar-refractivity contribution in [2.45, 2.75) is 45.4 Å². The highest BCUT2D eigenvalue weighted by Gasteiger charge is 2.57. The van der Waals surface area contributed by atoms with Crippen LogP contribution in [0.5, 0.6) is 0 Å². The van der Waals surface area contributed by atoms with Gasteiger partial charge >= 0.3 is 6.18 Å². The lowest BCUT2D eigenvalue weighted by molar-refractivity contribution is -0.272. The van der Waals surface area contributed by atoms with Gasteiger partial charge in [-0.1, -0.05) is 13.8 Å². The smallest absolute Gasteiger partial charge is 0.374 e. The summed E-state index contributed by atoms with van der Waals surface area (Å²) < 4.78 is 42.0. The average molecular weight is 517 g/mol. The van der Waals surface area contributed by atoms with Crippen molar-refractivity contribution >= 4 is 29.9 Å². The lowest BCUT2D eigenvalue weighted by atomic mass is 9.92. The number of aliphatic hydroxyl groups is 1. The quantitative estimate of drug-likeness (QED) is 0.358. The van der Waals surface area contributed by atoms with Crippen molar-refractivity contribution in [2.24, 2.45) is 23.9 Å². The number of likely N-dealkylation sites (tertiary alicyclic amines) is 1. The molecule has 0 spiro atoms. The van der Waals surface area contributed by atoms with Crippen LogP contribution >= 0.6 is 24.0 Å². The molecule has 0 amide bonds. The number of guanidine groups is 1. The Hall–Kier alpha value is -1.04. The molecular formula is C18H31F3IN5O. The maximum atomic E-state index is 13.6. The largest absolute Gasteiger partial charge is 0.424 e. The monoisotopic (exact) mass is 517 g/mol. The van der Waals surface area contributed by atoms with Gasteiger partial charge in [0, 0.05) is 52.0 Å². The molecule has 0 radical (unpaired) electrons. The fourth-order valence-electron chi connectivity index (χ4n) is 3.73. The first-order valence-corrected chi connectivity index (χ1v) is 9.38. The Kier molecular flexibility index (Phi) is 9.04. The zero-order valence-corrected chi connectivity index (χ0v) is 19.2. The van der Waals surface area contributed by atoms with Crippen LogP contribution in [-0.2, 0) is 12.6 Å². The highest BCUT2D eigenvalue weighted by Crippen LogP contribution is 2.40. The summed E-state index contributed by atoms with van der Waals surface area (Å²) in [6.45, 7) is 8.35. The average Bonchev–Trinajstić information content (AvgIpc) is 2.98. The van der Waals surface area contributed by atoms with Crippen LogP contribution in [0.1, 0.15) is 39.4 Å². The first-order chi connectivity index (χ1) is 12.6. The molecule has 162 valence electrons. The lowest BCUT2D eigenvalue weighted by Gasteiger charge is -2.37. The van der Waals surface area contributed by atoms with Crippen LogP contribution < -0.4 is 5.32 Å². The summed E-state index contributed by atoms with van der Waals surface area (Å²) in [5.41, 5.74) is -3.03. The first kappa shape index (κ1) is 25.0. The van der Waals surface area contributed by atoms with Gasteiger partial charge in [-0.3, -0.25) is 4.99 Å². The second-order valence-electron chi connectivity index (χ2n) is 7.56. The molecule has 3 atom stereocenters. The van der Waals surface area contributed by atoms with Gasteiger partial charge in [-0.15, -0.1) is 24.0 Å². The van der Waals surface area contributed by atoms with Gasteiger partial charge in [-0.2, -0.15) is 13.2 Å². The van der Waals surface area contributed by atoms with E-state index in [1.165, 1.54) is 24.0 Å². The van der Waals surface area contributed by atoms with Crippen molar-refractivity contribution < 1.29 is 18.3 Å². The van der Waals surface area contributed by atoms with E-state index in [2.05, 4.69) is 34.0 Å². The van der Waals surface area contributed by atoms with E-state index < -0.39 is 24.0 Å². The summed E-state index contributed by atoms with van der Waals surface area (Å²) in [4.78, 5) is 10.2. The molecule has 2 N–H and O–H groups in total. The Bertz CT molecular complexity index is 641. The molecule has 1 aliphatic heterocycles. The fraction of sp³-hybridized carbons (Fsp3) is 0.778.